The number of ether oxygens (including phenoxy) is 4. The van der Waals surface area contributed by atoms with E-state index in [1.165, 1.54) is 79.1 Å². The molecule has 0 saturated heterocycles. The van der Waals surface area contributed by atoms with Gasteiger partial charge in [-0.05, 0) is 118 Å². The number of alkyl halides is 9. The van der Waals surface area contributed by atoms with E-state index in [9.17, 15) is 79.0 Å². The molecule has 9 heterocycles. The first-order valence-corrected chi connectivity index (χ1v) is 38.4. The lowest BCUT2D eigenvalue weighted by Gasteiger charge is -2.11. The second-order valence-electron chi connectivity index (χ2n) is 28.9. The molecule has 4 fully saturated rings. The maximum atomic E-state index is 14.3. The average molecular weight is 1820 g/mol. The number of nitrogens with one attached hydrogen (secondary N) is 4. The first-order valence-electron chi connectivity index (χ1n) is 38.4. The second kappa shape index (κ2) is 35.1. The van der Waals surface area contributed by atoms with Crippen molar-refractivity contribution < 1.29 is 98.0 Å². The molecule has 668 valence electrons. The van der Waals surface area contributed by atoms with E-state index in [4.69, 9.17) is 22.9 Å². The van der Waals surface area contributed by atoms with Crippen LogP contribution in [-0.4, -0.2) is 129 Å². The first kappa shape index (κ1) is 86.1. The van der Waals surface area contributed by atoms with Gasteiger partial charge in [-0.15, -0.1) is 13.2 Å². The summed E-state index contributed by atoms with van der Waals surface area (Å²) in [6.07, 6.45) is 3.10. The zero-order chi connectivity index (χ0) is 91.4. The number of aromatic nitrogens is 21. The highest BCUT2D eigenvalue weighted by Gasteiger charge is 2.38. The van der Waals surface area contributed by atoms with Crippen molar-refractivity contribution in [3.8, 4) is 46.9 Å². The van der Waals surface area contributed by atoms with E-state index in [0.29, 0.717) is 40.4 Å². The Bertz CT molecular complexity index is 6780. The van der Waals surface area contributed by atoms with E-state index in [2.05, 4.69) is 125 Å². The molecule has 0 bridgehead atoms. The molecule has 20 rings (SSSR count). The highest BCUT2D eigenvalue weighted by molar-refractivity contribution is 5.82. The van der Waals surface area contributed by atoms with Crippen molar-refractivity contribution >= 4 is 114 Å². The van der Waals surface area contributed by atoms with Gasteiger partial charge in [0.15, 0.2) is 34.8 Å². The predicted molar refractivity (Wildman–Crippen MR) is 426 cm³/mol. The number of nitrogens with two attached hydrogens (primary N) is 4. The number of halogens is 18. The molecule has 4 aliphatic rings. The van der Waals surface area contributed by atoms with Crippen LogP contribution in [0.2, 0.25) is 0 Å². The summed E-state index contributed by atoms with van der Waals surface area (Å²) >= 11 is 0. The van der Waals surface area contributed by atoms with Gasteiger partial charge in [0, 0.05) is 101 Å². The van der Waals surface area contributed by atoms with Gasteiger partial charge in [0.2, 0.25) is 77.3 Å². The Morgan fingerprint density at radius 3 is 0.908 bits per heavy atom. The zero-order valence-electron chi connectivity index (χ0n) is 65.5. The summed E-state index contributed by atoms with van der Waals surface area (Å²) < 4.78 is 260. The van der Waals surface area contributed by atoms with Gasteiger partial charge in [-0.2, -0.15) is 86.2 Å². The van der Waals surface area contributed by atoms with Crippen molar-refractivity contribution in [2.75, 3.05) is 44.2 Å². The topological polar surface area (TPSA) is 428 Å². The Morgan fingerprint density at radius 1 is 0.315 bits per heavy atom. The fraction of sp³-hybridized carbons (Fsp3) is 0.203. The maximum absolute atomic E-state index is 14.3. The summed E-state index contributed by atoms with van der Waals surface area (Å²) in [4.78, 5) is 70.6. The number of hydrogen-bond acceptors (Lipinski definition) is 29. The largest absolute Gasteiger partial charge is 0.573 e. The van der Waals surface area contributed by atoms with Gasteiger partial charge in [-0.25, -0.2) is 64.4 Å². The number of pyridine rings is 1. The normalized spacial score (nSPS) is 13.7. The van der Waals surface area contributed by atoms with Gasteiger partial charge >= 0.3 is 26.2 Å². The molecule has 0 amide bonds. The first-order chi connectivity index (χ1) is 62.2. The number of fused-ring (bicyclic) bond motifs is 4. The number of benzene rings is 7. The average Bonchev–Trinajstić information content (AvgIpc) is 1.61. The van der Waals surface area contributed by atoms with Gasteiger partial charge in [-0.3, -0.25) is 18.3 Å². The Labute approximate surface area is 714 Å². The molecule has 4 saturated carbocycles. The van der Waals surface area contributed by atoms with E-state index < -0.39 is 90.1 Å². The molecule has 9 aromatic heterocycles. The summed E-state index contributed by atoms with van der Waals surface area (Å²) in [5.41, 5.74) is 25.2. The molecule has 33 nitrogen and oxygen atoms in total. The molecule has 0 aliphatic heterocycles. The van der Waals surface area contributed by atoms with Crippen LogP contribution in [0.5, 0.6) is 23.1 Å². The van der Waals surface area contributed by atoms with E-state index in [0.717, 1.165) is 124 Å². The minimum absolute atomic E-state index is 0.000566. The van der Waals surface area contributed by atoms with Gasteiger partial charge in [0.1, 0.15) is 80.1 Å². The molecule has 51 heteroatoms. The van der Waals surface area contributed by atoms with Crippen molar-refractivity contribution in [1.29, 1.82) is 0 Å². The van der Waals surface area contributed by atoms with Gasteiger partial charge in [0.05, 0.1) is 34.0 Å². The minimum Gasteiger partial charge on any atom is -0.435 e. The smallest absolute Gasteiger partial charge is 0.435 e. The Balaban J connectivity index is 0.000000121. The Hall–Kier alpha value is -16.1. The number of nitrogen functional groups attached to an aromatic ring is 4. The third-order valence-electron chi connectivity index (χ3n) is 19.2. The van der Waals surface area contributed by atoms with Crippen molar-refractivity contribution in [1.82, 2.24) is 103 Å². The van der Waals surface area contributed by atoms with Crippen LogP contribution >= 0.6 is 0 Å². The van der Waals surface area contributed by atoms with Crippen molar-refractivity contribution in [2.45, 2.75) is 101 Å². The Morgan fingerprint density at radius 2 is 0.615 bits per heavy atom. The second-order valence-corrected chi connectivity index (χ2v) is 28.9. The van der Waals surface area contributed by atoms with Crippen LogP contribution in [0.1, 0.15) is 98.3 Å². The Kier molecular flexibility index (Phi) is 23.2. The molecule has 0 unspecified atom stereocenters. The summed E-state index contributed by atoms with van der Waals surface area (Å²) in [7, 11) is 0. The van der Waals surface area contributed by atoms with E-state index in [1.807, 2.05) is 0 Å². The lowest BCUT2D eigenvalue weighted by atomic mass is 10.3. The zero-order valence-corrected chi connectivity index (χ0v) is 65.5. The van der Waals surface area contributed by atoms with Gasteiger partial charge < -0.3 is 63.1 Å². The van der Waals surface area contributed by atoms with Crippen LogP contribution in [0.15, 0.2) is 134 Å². The molecule has 0 radical (unpaired) electrons. The highest BCUT2D eigenvalue weighted by atomic mass is 19.4. The number of rotatable bonds is 23. The van der Waals surface area contributed by atoms with Crippen molar-refractivity contribution in [3.63, 3.8) is 0 Å². The molecular weight excluding hydrogens is 1760 g/mol. The summed E-state index contributed by atoms with van der Waals surface area (Å²) in [5.74, 6) is -7.27. The fourth-order valence-electron chi connectivity index (χ4n) is 13.3. The van der Waals surface area contributed by atoms with Crippen molar-refractivity contribution in [3.05, 3.63) is 209 Å². The molecule has 16 aromatic rings. The molecule has 0 atom stereocenters. The van der Waals surface area contributed by atoms with E-state index in [-0.39, 0.29) is 157 Å². The van der Waals surface area contributed by atoms with Crippen LogP contribution in [-0.2, 0) is 0 Å². The molecule has 0 spiro atoms. The standard InChI is InChI=1S/2C20H14F5N7O.C20H15F4N7O.C19H14F4N8O/c21-10-7-13(22)15-14(8-10)32(16(28-15)9-1-2-9)19-30-17(26)29-18(31-19)27-11-3-5-12(6-4-11)33-20(23,24)25;21-9-5-12(23)15-13(6-9)32(16(28-15)8-1-2-8)20-30-18(26)29-19(31-20)27-10-3-4-14(11(22)7-10)33-17(24)25;21-10-7-13(22)15-14(8-10)31(16(27-15)9-1-2-9)20-29-18(25)28-19(30-20)26-11-3-5-12(6-4-11)32-17(23)24;20-9-5-11(21)14-12(6-9)31(15(27-14)8-1-2-8)19-29-17(24)28-18(30-19)26-10-3-4-13(25-7-10)32-16(22)23/h3-9H,1-2H2,(H3,26,27,29,30,31);3-8,17H,1-2H2,(H3,26,27,29,30,31);3-9,17H,1-2H2,(H3,25,26,28,29,30);3-8,16H,1-2H2,(H3,24,26,28,29,30). The fourth-order valence-corrected chi connectivity index (χ4v) is 13.3. The number of nitrogens with zero attached hydrogens (tertiary/aromatic N) is 21. The van der Waals surface area contributed by atoms with Crippen LogP contribution < -0.4 is 63.1 Å². The molecule has 4 aliphatic carbocycles. The van der Waals surface area contributed by atoms with Crippen LogP contribution in [0.3, 0.4) is 0 Å². The highest BCUT2D eigenvalue weighted by Crippen LogP contribution is 2.47. The minimum atomic E-state index is -4.81. The van der Waals surface area contributed by atoms with Crippen molar-refractivity contribution in [2.24, 2.45) is 0 Å². The number of anilines is 12. The van der Waals surface area contributed by atoms with Crippen LogP contribution in [0.25, 0.3) is 67.9 Å². The monoisotopic (exact) mass is 1820 g/mol. The maximum Gasteiger partial charge on any atom is 0.573 e. The lowest BCUT2D eigenvalue weighted by molar-refractivity contribution is -0.274. The molecule has 12 N–H and O–H groups in total. The molecule has 7 aromatic carbocycles. The summed E-state index contributed by atoms with van der Waals surface area (Å²) in [6, 6.07) is 24.0. The molecule has 130 heavy (non-hydrogen) atoms. The third kappa shape index (κ3) is 19.8. The van der Waals surface area contributed by atoms with Crippen LogP contribution in [0, 0.1) is 52.4 Å². The van der Waals surface area contributed by atoms with Gasteiger partial charge in [0.25, 0.3) is 0 Å². The quantitative estimate of drug-likeness (QED) is 0.0276. The number of hydrogen-bond donors (Lipinski definition) is 8. The van der Waals surface area contributed by atoms with E-state index >= 15 is 0 Å². The van der Waals surface area contributed by atoms with E-state index in [1.54, 1.807) is 0 Å². The van der Waals surface area contributed by atoms with Gasteiger partial charge in [-0.1, -0.05) is 0 Å². The molecular formula is C79H57F18N29O4. The third-order valence-corrected chi connectivity index (χ3v) is 19.2. The predicted octanol–water partition coefficient (Wildman–Crippen LogP) is 17.0. The lowest BCUT2D eigenvalue weighted by Crippen LogP contribution is -2.17. The van der Waals surface area contributed by atoms with Crippen LogP contribution in [0.4, 0.5) is 149 Å². The summed E-state index contributed by atoms with van der Waals surface area (Å²) in [5, 5.41) is 11.2. The number of imidazole rings is 4. The SMILES string of the molecule is Nc1nc(Nc2ccc(OC(F)(F)F)cc2)nc(-n2c(C3CC3)nc3c(F)cc(F)cc32)n1.Nc1nc(Nc2ccc(OC(F)F)c(F)c2)nc(-n2c(C3CC3)nc3c(F)cc(F)cc32)n1.Nc1nc(Nc2ccc(OC(F)F)cc2)nc(-n2c(C3CC3)nc3c(F)cc(F)cc32)n1.Nc1nc(Nc2ccc(OC(F)F)nc2)nc(-n2c(C3CC3)nc3c(F)cc(F)cc32)n1. The summed E-state index contributed by atoms with van der Waals surface area (Å²) in [6.45, 7) is -9.10.